The zero-order valence-corrected chi connectivity index (χ0v) is 16.5. The van der Waals surface area contributed by atoms with Gasteiger partial charge in [0.2, 0.25) is 15.9 Å². The third kappa shape index (κ3) is 5.29. The first-order valence-electron chi connectivity index (χ1n) is 10.0. The Morgan fingerprint density at radius 3 is 2.33 bits per heavy atom. The number of hydrogen-bond donors (Lipinski definition) is 1. The van der Waals surface area contributed by atoms with Crippen LogP contribution in [0.5, 0.6) is 0 Å². The molecule has 0 unspecified atom stereocenters. The summed E-state index contributed by atoms with van der Waals surface area (Å²) in [5, 5.41) is 3.02. The molecule has 1 amide bonds. The Labute approximate surface area is 161 Å². The molecule has 27 heavy (non-hydrogen) atoms. The third-order valence-corrected chi connectivity index (χ3v) is 7.75. The lowest BCUT2D eigenvalue weighted by molar-refractivity contribution is -0.126. The number of nitrogens with zero attached hydrogens (tertiary/aromatic N) is 1. The number of carbonyl (C=O) groups excluding carboxylic acids is 1. The van der Waals surface area contributed by atoms with Gasteiger partial charge in [-0.15, -0.1) is 0 Å². The van der Waals surface area contributed by atoms with E-state index in [0.717, 1.165) is 24.5 Å². The van der Waals surface area contributed by atoms with Crippen molar-refractivity contribution in [1.29, 1.82) is 0 Å². The average molecular weight is 397 g/mol. The first kappa shape index (κ1) is 20.3. The average Bonchev–Trinajstić information content (AvgIpc) is 3.19. The molecule has 1 aromatic carbocycles. The van der Waals surface area contributed by atoms with E-state index < -0.39 is 15.8 Å². The summed E-state index contributed by atoms with van der Waals surface area (Å²) in [7, 11) is -3.62. The summed E-state index contributed by atoms with van der Waals surface area (Å²) in [5.74, 6) is 0.287. The highest BCUT2D eigenvalue weighted by Gasteiger charge is 2.32. The van der Waals surface area contributed by atoms with Gasteiger partial charge < -0.3 is 5.32 Å². The lowest BCUT2D eigenvalue weighted by Gasteiger charge is -2.30. The molecule has 1 aliphatic heterocycles. The van der Waals surface area contributed by atoms with Crippen molar-refractivity contribution >= 4 is 15.9 Å². The van der Waals surface area contributed by atoms with Crippen LogP contribution in [0.25, 0.3) is 0 Å². The van der Waals surface area contributed by atoms with E-state index >= 15 is 0 Å². The molecule has 1 aliphatic carbocycles. The predicted octanol–water partition coefficient (Wildman–Crippen LogP) is 3.31. The predicted molar refractivity (Wildman–Crippen MR) is 102 cm³/mol. The number of carbonyl (C=O) groups is 1. The molecule has 1 N–H and O–H groups in total. The molecular formula is C20H29FN2O3S. The minimum absolute atomic E-state index is 0.0419. The number of amides is 1. The first-order chi connectivity index (χ1) is 13.0. The molecule has 1 saturated carbocycles. The van der Waals surface area contributed by atoms with Crippen LogP contribution in [0.2, 0.25) is 0 Å². The Hall–Kier alpha value is -1.47. The molecule has 2 aliphatic rings. The second kappa shape index (κ2) is 9.15. The molecule has 7 heteroatoms. The quantitative estimate of drug-likeness (QED) is 0.719. The van der Waals surface area contributed by atoms with Crippen molar-refractivity contribution in [3.63, 3.8) is 0 Å². The monoisotopic (exact) mass is 396 g/mol. The minimum atomic E-state index is -3.62. The molecule has 1 heterocycles. The van der Waals surface area contributed by atoms with Crippen molar-refractivity contribution in [3.8, 4) is 0 Å². The second-order valence-corrected chi connectivity index (χ2v) is 9.65. The molecule has 150 valence electrons. The number of nitrogens with one attached hydrogen (secondary N) is 1. The summed E-state index contributed by atoms with van der Waals surface area (Å²) in [6.07, 6.45) is 8.60. The van der Waals surface area contributed by atoms with Crippen LogP contribution in [0, 0.1) is 17.7 Å². The number of rotatable bonds is 7. The summed E-state index contributed by atoms with van der Waals surface area (Å²) in [4.78, 5) is 12.4. The highest BCUT2D eigenvalue weighted by atomic mass is 32.2. The van der Waals surface area contributed by atoms with Crippen LogP contribution in [0.15, 0.2) is 29.2 Å². The van der Waals surface area contributed by atoms with E-state index in [1.54, 1.807) is 0 Å². The Kier molecular flexibility index (Phi) is 6.87. The van der Waals surface area contributed by atoms with Gasteiger partial charge in [-0.1, -0.05) is 25.7 Å². The van der Waals surface area contributed by atoms with Crippen LogP contribution in [-0.2, 0) is 14.8 Å². The zero-order chi connectivity index (χ0) is 19.3. The molecule has 3 rings (SSSR count). The topological polar surface area (TPSA) is 66.5 Å². The van der Waals surface area contributed by atoms with Gasteiger partial charge in [0.15, 0.2) is 0 Å². The molecule has 1 saturated heterocycles. The Morgan fingerprint density at radius 2 is 1.70 bits per heavy atom. The summed E-state index contributed by atoms with van der Waals surface area (Å²) < 4.78 is 39.6. The fraction of sp³-hybridized carbons (Fsp3) is 0.650. The van der Waals surface area contributed by atoms with Gasteiger partial charge in [0.1, 0.15) is 5.82 Å². The van der Waals surface area contributed by atoms with Crippen LogP contribution >= 0.6 is 0 Å². The van der Waals surface area contributed by atoms with E-state index in [9.17, 15) is 17.6 Å². The molecule has 0 aromatic heterocycles. The minimum Gasteiger partial charge on any atom is -0.356 e. The number of sulfonamides is 1. The largest absolute Gasteiger partial charge is 0.356 e. The smallest absolute Gasteiger partial charge is 0.243 e. The third-order valence-electron chi connectivity index (χ3n) is 5.84. The van der Waals surface area contributed by atoms with E-state index in [1.165, 1.54) is 48.5 Å². The van der Waals surface area contributed by atoms with Gasteiger partial charge in [-0.25, -0.2) is 12.8 Å². The summed E-state index contributed by atoms with van der Waals surface area (Å²) in [6.45, 7) is 1.35. The molecule has 0 spiro atoms. The summed E-state index contributed by atoms with van der Waals surface area (Å²) >= 11 is 0. The maximum atomic E-state index is 13.0. The maximum absolute atomic E-state index is 13.0. The van der Waals surface area contributed by atoms with Crippen molar-refractivity contribution in [2.24, 2.45) is 11.8 Å². The van der Waals surface area contributed by atoms with Gasteiger partial charge in [0.05, 0.1) is 4.90 Å². The van der Waals surface area contributed by atoms with Crippen LogP contribution in [-0.4, -0.2) is 38.3 Å². The SMILES string of the molecule is O=C(NCCCC1CCCC1)C1CCN(S(=O)(=O)c2ccc(F)cc2)CC1. The van der Waals surface area contributed by atoms with Gasteiger partial charge in [-0.3, -0.25) is 4.79 Å². The molecule has 5 nitrogen and oxygen atoms in total. The highest BCUT2D eigenvalue weighted by Crippen LogP contribution is 2.28. The van der Waals surface area contributed by atoms with E-state index in [4.69, 9.17) is 0 Å². The number of benzene rings is 1. The second-order valence-electron chi connectivity index (χ2n) is 7.72. The highest BCUT2D eigenvalue weighted by molar-refractivity contribution is 7.89. The molecule has 2 fully saturated rings. The fourth-order valence-electron chi connectivity index (χ4n) is 4.16. The lowest BCUT2D eigenvalue weighted by Crippen LogP contribution is -2.43. The first-order valence-corrected chi connectivity index (χ1v) is 11.4. The Bertz CT molecular complexity index is 722. The van der Waals surface area contributed by atoms with Gasteiger partial charge in [0.25, 0.3) is 0 Å². The number of hydrogen-bond acceptors (Lipinski definition) is 3. The van der Waals surface area contributed by atoms with Gasteiger partial charge in [-0.2, -0.15) is 4.31 Å². The van der Waals surface area contributed by atoms with Gasteiger partial charge in [0, 0.05) is 25.6 Å². The Balaban J connectivity index is 1.42. The van der Waals surface area contributed by atoms with E-state index in [0.29, 0.717) is 32.5 Å². The van der Waals surface area contributed by atoms with E-state index in [2.05, 4.69) is 5.32 Å². The van der Waals surface area contributed by atoms with Crippen molar-refractivity contribution in [1.82, 2.24) is 9.62 Å². The van der Waals surface area contributed by atoms with Crippen molar-refractivity contribution in [3.05, 3.63) is 30.1 Å². The lowest BCUT2D eigenvalue weighted by atomic mass is 9.97. The van der Waals surface area contributed by atoms with Crippen molar-refractivity contribution < 1.29 is 17.6 Å². The summed E-state index contributed by atoms with van der Waals surface area (Å²) in [5.41, 5.74) is 0. The standard InChI is InChI=1S/C20H29FN2O3S/c21-18-7-9-19(10-8-18)27(25,26)23-14-11-17(12-15-23)20(24)22-13-3-6-16-4-1-2-5-16/h7-10,16-17H,1-6,11-15H2,(H,22,24). The van der Waals surface area contributed by atoms with Crippen LogP contribution in [0.4, 0.5) is 4.39 Å². The van der Waals surface area contributed by atoms with Crippen molar-refractivity contribution in [2.45, 2.75) is 56.3 Å². The molecular weight excluding hydrogens is 367 g/mol. The number of halogens is 1. The molecule has 0 bridgehead atoms. The van der Waals surface area contributed by atoms with E-state index in [-0.39, 0.29) is 16.7 Å². The number of piperidine rings is 1. The van der Waals surface area contributed by atoms with Gasteiger partial charge in [-0.05, 0) is 55.9 Å². The van der Waals surface area contributed by atoms with E-state index in [1.807, 2.05) is 0 Å². The Morgan fingerprint density at radius 1 is 1.07 bits per heavy atom. The molecule has 0 atom stereocenters. The van der Waals surface area contributed by atoms with Crippen LogP contribution < -0.4 is 5.32 Å². The van der Waals surface area contributed by atoms with Crippen LogP contribution in [0.1, 0.15) is 51.4 Å². The molecule has 1 aromatic rings. The fourth-order valence-corrected chi connectivity index (χ4v) is 5.63. The molecule has 0 radical (unpaired) electrons. The summed E-state index contributed by atoms with van der Waals surface area (Å²) in [6, 6.07) is 4.87. The normalized spacial score (nSPS) is 20.0. The zero-order valence-electron chi connectivity index (χ0n) is 15.7. The van der Waals surface area contributed by atoms with Crippen molar-refractivity contribution in [2.75, 3.05) is 19.6 Å². The van der Waals surface area contributed by atoms with Crippen LogP contribution in [0.3, 0.4) is 0 Å². The maximum Gasteiger partial charge on any atom is 0.243 e. The van der Waals surface area contributed by atoms with Gasteiger partial charge >= 0.3 is 0 Å².